The van der Waals surface area contributed by atoms with Crippen LogP contribution in [-0.4, -0.2) is 24.5 Å². The Kier molecular flexibility index (Phi) is 5.20. The Morgan fingerprint density at radius 1 is 1.19 bits per heavy atom. The summed E-state index contributed by atoms with van der Waals surface area (Å²) < 4.78 is 34.4. The zero-order valence-electron chi connectivity index (χ0n) is 11.0. The number of carbonyl (C=O) groups is 1. The Bertz CT molecular complexity index is 591. The fourth-order valence-electron chi connectivity index (χ4n) is 1.72. The SMILES string of the molecule is O=Cc1ccc(OC(F)F)c(OCCc2ccccn2)c1. The van der Waals surface area contributed by atoms with E-state index in [1.54, 1.807) is 12.3 Å². The lowest BCUT2D eigenvalue weighted by atomic mass is 10.2. The number of halogens is 2. The van der Waals surface area contributed by atoms with E-state index in [-0.39, 0.29) is 18.1 Å². The molecule has 1 aromatic heterocycles. The molecule has 1 aromatic carbocycles. The summed E-state index contributed by atoms with van der Waals surface area (Å²) >= 11 is 0. The van der Waals surface area contributed by atoms with Crippen molar-refractivity contribution in [3.8, 4) is 11.5 Å². The third kappa shape index (κ3) is 4.52. The summed E-state index contributed by atoms with van der Waals surface area (Å²) in [4.78, 5) is 14.9. The number of pyridine rings is 1. The van der Waals surface area contributed by atoms with Crippen molar-refractivity contribution in [3.05, 3.63) is 53.9 Å². The topological polar surface area (TPSA) is 48.4 Å². The van der Waals surface area contributed by atoms with Crippen LogP contribution in [0.25, 0.3) is 0 Å². The summed E-state index contributed by atoms with van der Waals surface area (Å²) in [5.41, 5.74) is 1.14. The molecule has 6 heteroatoms. The molecule has 1 heterocycles. The molecule has 2 rings (SSSR count). The average molecular weight is 293 g/mol. The van der Waals surface area contributed by atoms with Gasteiger partial charge in [-0.2, -0.15) is 8.78 Å². The van der Waals surface area contributed by atoms with Crippen LogP contribution in [0.15, 0.2) is 42.6 Å². The normalized spacial score (nSPS) is 10.4. The van der Waals surface area contributed by atoms with Crippen molar-refractivity contribution in [2.24, 2.45) is 0 Å². The number of alkyl halides is 2. The minimum Gasteiger partial charge on any atom is -0.489 e. The Balaban J connectivity index is 2.04. The van der Waals surface area contributed by atoms with Crippen LogP contribution >= 0.6 is 0 Å². The van der Waals surface area contributed by atoms with Gasteiger partial charge in [0.25, 0.3) is 0 Å². The quantitative estimate of drug-likeness (QED) is 0.736. The van der Waals surface area contributed by atoms with Crippen molar-refractivity contribution in [2.75, 3.05) is 6.61 Å². The van der Waals surface area contributed by atoms with E-state index >= 15 is 0 Å². The second kappa shape index (κ2) is 7.33. The number of aldehydes is 1. The maximum atomic E-state index is 12.3. The van der Waals surface area contributed by atoms with Crippen LogP contribution in [0, 0.1) is 0 Å². The first kappa shape index (κ1) is 14.9. The van der Waals surface area contributed by atoms with Crippen LogP contribution in [0.3, 0.4) is 0 Å². The number of carbonyl (C=O) groups excluding carboxylic acids is 1. The Labute approximate surface area is 120 Å². The smallest absolute Gasteiger partial charge is 0.387 e. The molecule has 0 saturated carbocycles. The number of hydrogen-bond acceptors (Lipinski definition) is 4. The highest BCUT2D eigenvalue weighted by molar-refractivity contribution is 5.76. The van der Waals surface area contributed by atoms with Gasteiger partial charge in [0.15, 0.2) is 11.5 Å². The van der Waals surface area contributed by atoms with E-state index in [2.05, 4.69) is 9.72 Å². The fraction of sp³-hybridized carbons (Fsp3) is 0.200. The first-order chi connectivity index (χ1) is 10.2. The summed E-state index contributed by atoms with van der Waals surface area (Å²) in [5, 5.41) is 0. The molecule has 0 atom stereocenters. The van der Waals surface area contributed by atoms with E-state index in [0.29, 0.717) is 18.3 Å². The van der Waals surface area contributed by atoms with Crippen LogP contribution in [0.4, 0.5) is 8.78 Å². The molecule has 0 unspecified atom stereocenters. The van der Waals surface area contributed by atoms with E-state index < -0.39 is 6.61 Å². The summed E-state index contributed by atoms with van der Waals surface area (Å²) in [6.07, 6.45) is 2.78. The van der Waals surface area contributed by atoms with Crippen LogP contribution in [0.5, 0.6) is 11.5 Å². The van der Waals surface area contributed by atoms with Gasteiger partial charge in [0, 0.05) is 23.9 Å². The third-order valence-corrected chi connectivity index (χ3v) is 2.66. The highest BCUT2D eigenvalue weighted by Crippen LogP contribution is 2.29. The van der Waals surface area contributed by atoms with E-state index in [0.717, 1.165) is 5.69 Å². The van der Waals surface area contributed by atoms with E-state index in [1.807, 2.05) is 12.1 Å². The molecule has 0 aliphatic heterocycles. The van der Waals surface area contributed by atoms with Gasteiger partial charge in [0.05, 0.1) is 6.61 Å². The lowest BCUT2D eigenvalue weighted by Gasteiger charge is -2.12. The second-order valence-electron chi connectivity index (χ2n) is 4.12. The molecule has 0 fully saturated rings. The minimum absolute atomic E-state index is 0.100. The number of rotatable bonds is 7. The molecule has 0 spiro atoms. The van der Waals surface area contributed by atoms with Crippen molar-refractivity contribution < 1.29 is 23.0 Å². The number of benzene rings is 1. The Morgan fingerprint density at radius 2 is 2.05 bits per heavy atom. The molecule has 4 nitrogen and oxygen atoms in total. The zero-order chi connectivity index (χ0) is 15.1. The highest BCUT2D eigenvalue weighted by atomic mass is 19.3. The van der Waals surface area contributed by atoms with Crippen molar-refractivity contribution in [2.45, 2.75) is 13.0 Å². The van der Waals surface area contributed by atoms with Crippen LogP contribution in [-0.2, 0) is 6.42 Å². The lowest BCUT2D eigenvalue weighted by Crippen LogP contribution is -2.07. The van der Waals surface area contributed by atoms with Gasteiger partial charge in [-0.05, 0) is 30.3 Å². The van der Waals surface area contributed by atoms with Crippen molar-refractivity contribution in [3.63, 3.8) is 0 Å². The fourth-order valence-corrected chi connectivity index (χ4v) is 1.72. The molecular weight excluding hydrogens is 280 g/mol. The summed E-state index contributed by atoms with van der Waals surface area (Å²) in [7, 11) is 0. The Hall–Kier alpha value is -2.50. The zero-order valence-corrected chi connectivity index (χ0v) is 11.0. The van der Waals surface area contributed by atoms with Gasteiger partial charge in [-0.3, -0.25) is 9.78 Å². The van der Waals surface area contributed by atoms with Gasteiger partial charge in [-0.1, -0.05) is 6.07 Å². The Morgan fingerprint density at radius 3 is 2.71 bits per heavy atom. The summed E-state index contributed by atoms with van der Waals surface area (Å²) in [6, 6.07) is 9.51. The molecule has 0 saturated heterocycles. The number of hydrogen-bond donors (Lipinski definition) is 0. The van der Waals surface area contributed by atoms with Crippen molar-refractivity contribution in [1.29, 1.82) is 0 Å². The summed E-state index contributed by atoms with van der Waals surface area (Å²) in [5.74, 6) is 0.00690. The van der Waals surface area contributed by atoms with Gasteiger partial charge in [-0.15, -0.1) is 0 Å². The van der Waals surface area contributed by atoms with E-state index in [1.165, 1.54) is 18.2 Å². The van der Waals surface area contributed by atoms with Gasteiger partial charge in [0.1, 0.15) is 6.29 Å². The first-order valence-corrected chi connectivity index (χ1v) is 6.26. The third-order valence-electron chi connectivity index (χ3n) is 2.66. The lowest BCUT2D eigenvalue weighted by molar-refractivity contribution is -0.0514. The van der Waals surface area contributed by atoms with Crippen molar-refractivity contribution >= 4 is 6.29 Å². The molecule has 0 bridgehead atoms. The van der Waals surface area contributed by atoms with Crippen molar-refractivity contribution in [1.82, 2.24) is 4.98 Å². The molecule has 110 valence electrons. The molecular formula is C15H13F2NO3. The van der Waals surface area contributed by atoms with Crippen LogP contribution < -0.4 is 9.47 Å². The van der Waals surface area contributed by atoms with Gasteiger partial charge in [0.2, 0.25) is 0 Å². The molecule has 21 heavy (non-hydrogen) atoms. The molecule has 0 N–H and O–H groups in total. The molecule has 0 aliphatic carbocycles. The van der Waals surface area contributed by atoms with Gasteiger partial charge in [-0.25, -0.2) is 0 Å². The molecule has 2 aromatic rings. The number of aromatic nitrogens is 1. The standard InChI is InChI=1S/C15H13F2NO3/c16-15(17)21-13-5-4-11(10-19)9-14(13)20-8-6-12-3-1-2-7-18-12/h1-5,7,9-10,15H,6,8H2. The highest BCUT2D eigenvalue weighted by Gasteiger charge is 2.11. The maximum absolute atomic E-state index is 12.3. The largest absolute Gasteiger partial charge is 0.489 e. The van der Waals surface area contributed by atoms with Gasteiger partial charge < -0.3 is 9.47 Å². The second-order valence-corrected chi connectivity index (χ2v) is 4.12. The predicted molar refractivity (Wildman–Crippen MR) is 71.9 cm³/mol. The van der Waals surface area contributed by atoms with Crippen LogP contribution in [0.2, 0.25) is 0 Å². The maximum Gasteiger partial charge on any atom is 0.387 e. The van der Waals surface area contributed by atoms with E-state index in [4.69, 9.17) is 4.74 Å². The number of nitrogens with zero attached hydrogens (tertiary/aromatic N) is 1. The molecule has 0 aliphatic rings. The molecule has 0 radical (unpaired) electrons. The molecule has 0 amide bonds. The predicted octanol–water partition coefficient (Wildman–Crippen LogP) is 3.12. The summed E-state index contributed by atoms with van der Waals surface area (Å²) in [6.45, 7) is -2.72. The first-order valence-electron chi connectivity index (χ1n) is 6.26. The van der Waals surface area contributed by atoms with Crippen LogP contribution in [0.1, 0.15) is 16.1 Å². The minimum atomic E-state index is -2.95. The van der Waals surface area contributed by atoms with Gasteiger partial charge >= 0.3 is 6.61 Å². The number of ether oxygens (including phenoxy) is 2. The monoisotopic (exact) mass is 293 g/mol. The average Bonchev–Trinajstić information content (AvgIpc) is 2.49. The van der Waals surface area contributed by atoms with E-state index in [9.17, 15) is 13.6 Å².